The molecule has 0 radical (unpaired) electrons. The van der Waals surface area contributed by atoms with Gasteiger partial charge in [0.1, 0.15) is 18.5 Å². The van der Waals surface area contributed by atoms with Crippen LogP contribution < -0.4 is 4.74 Å². The van der Waals surface area contributed by atoms with Crippen LogP contribution in [-0.2, 0) is 0 Å². The number of pyridine rings is 1. The first-order chi connectivity index (χ1) is 11.7. The molecule has 0 N–H and O–H groups in total. The summed E-state index contributed by atoms with van der Waals surface area (Å²) in [5.41, 5.74) is 2.26. The van der Waals surface area contributed by atoms with Gasteiger partial charge in [-0.05, 0) is 42.8 Å². The van der Waals surface area contributed by atoms with Gasteiger partial charge in [-0.3, -0.25) is 9.78 Å². The molecule has 1 aromatic carbocycles. The molecule has 0 aliphatic heterocycles. The number of hydrogen-bond donors (Lipinski definition) is 0. The van der Waals surface area contributed by atoms with Gasteiger partial charge >= 0.3 is 0 Å². The highest BCUT2D eigenvalue weighted by Crippen LogP contribution is 2.21. The van der Waals surface area contributed by atoms with Crippen molar-refractivity contribution in [3.8, 4) is 17.0 Å². The van der Waals surface area contributed by atoms with Crippen LogP contribution in [-0.4, -0.2) is 24.0 Å². The van der Waals surface area contributed by atoms with E-state index in [1.54, 1.807) is 18.3 Å². The van der Waals surface area contributed by atoms with Crippen LogP contribution in [0.3, 0.4) is 0 Å². The quantitative estimate of drug-likeness (QED) is 0.441. The van der Waals surface area contributed by atoms with Gasteiger partial charge in [0.2, 0.25) is 0 Å². The number of halogens is 1. The van der Waals surface area contributed by atoms with E-state index in [0.29, 0.717) is 17.7 Å². The van der Waals surface area contributed by atoms with Crippen LogP contribution >= 0.6 is 0 Å². The topological polar surface area (TPSA) is 39.2 Å². The molecular weight excluding hydrogens is 305 g/mol. The maximum Gasteiger partial charge on any atom is 0.151 e. The number of ether oxygens (including phenoxy) is 1. The van der Waals surface area contributed by atoms with Gasteiger partial charge in [0.15, 0.2) is 6.29 Å². The molecule has 0 amide bonds. The van der Waals surface area contributed by atoms with Crippen molar-refractivity contribution in [3.63, 3.8) is 0 Å². The number of alkyl halides is 1. The van der Waals surface area contributed by atoms with Gasteiger partial charge in [0, 0.05) is 17.3 Å². The molecule has 0 saturated heterocycles. The van der Waals surface area contributed by atoms with Crippen molar-refractivity contribution in [3.05, 3.63) is 48.2 Å². The smallest absolute Gasteiger partial charge is 0.151 e. The second kappa shape index (κ2) is 9.81. The number of aldehydes is 1. The van der Waals surface area contributed by atoms with E-state index in [0.717, 1.165) is 43.2 Å². The Balaban J connectivity index is 1.82. The van der Waals surface area contributed by atoms with Crippen LogP contribution in [0.4, 0.5) is 4.39 Å². The van der Waals surface area contributed by atoms with Gasteiger partial charge in [0.25, 0.3) is 0 Å². The van der Waals surface area contributed by atoms with E-state index >= 15 is 0 Å². The molecule has 1 aromatic heterocycles. The van der Waals surface area contributed by atoms with E-state index in [1.165, 1.54) is 0 Å². The van der Waals surface area contributed by atoms with Crippen LogP contribution in [0.15, 0.2) is 42.6 Å². The van der Waals surface area contributed by atoms with Crippen molar-refractivity contribution in [1.29, 1.82) is 0 Å². The Labute approximate surface area is 142 Å². The Hall–Kier alpha value is -2.23. The lowest BCUT2D eigenvalue weighted by Gasteiger charge is -2.11. The van der Waals surface area contributed by atoms with Gasteiger partial charge in [-0.2, -0.15) is 0 Å². The number of rotatable bonds is 10. The van der Waals surface area contributed by atoms with E-state index in [1.807, 2.05) is 24.3 Å². The minimum atomic E-state index is -0.918. The molecule has 1 unspecified atom stereocenters. The predicted molar refractivity (Wildman–Crippen MR) is 94.2 cm³/mol. The summed E-state index contributed by atoms with van der Waals surface area (Å²) in [7, 11) is 0. The Bertz CT molecular complexity index is 611. The highest BCUT2D eigenvalue weighted by Gasteiger charge is 2.07. The molecule has 1 heterocycles. The summed E-state index contributed by atoms with van der Waals surface area (Å²) in [5.74, 6) is 0.652. The summed E-state index contributed by atoms with van der Waals surface area (Å²) >= 11 is 0. The number of unbranched alkanes of at least 4 members (excludes halogenated alkanes) is 3. The van der Waals surface area contributed by atoms with Crippen molar-refractivity contribution in [2.24, 2.45) is 0 Å². The zero-order valence-corrected chi connectivity index (χ0v) is 14.1. The Morgan fingerprint density at radius 1 is 1.12 bits per heavy atom. The lowest BCUT2D eigenvalue weighted by atomic mass is 10.1. The van der Waals surface area contributed by atoms with Crippen molar-refractivity contribution in [2.45, 2.75) is 45.2 Å². The summed E-state index contributed by atoms with van der Waals surface area (Å²) in [6.07, 6.45) is 6.28. The van der Waals surface area contributed by atoms with Gasteiger partial charge in [0.05, 0.1) is 5.69 Å². The first-order valence-electron chi connectivity index (χ1n) is 8.51. The monoisotopic (exact) mass is 329 g/mol. The van der Waals surface area contributed by atoms with Crippen molar-refractivity contribution >= 4 is 6.29 Å². The third-order valence-corrected chi connectivity index (χ3v) is 3.87. The molecule has 3 nitrogen and oxygen atoms in total. The summed E-state index contributed by atoms with van der Waals surface area (Å²) in [4.78, 5) is 14.9. The average molecular weight is 329 g/mol. The predicted octanol–water partition coefficient (Wildman–Crippen LogP) is 5.25. The normalized spacial score (nSPS) is 11.9. The molecule has 0 saturated carbocycles. The molecule has 2 aromatic rings. The van der Waals surface area contributed by atoms with Crippen LogP contribution in [0.25, 0.3) is 11.3 Å². The maximum atomic E-state index is 13.8. The molecule has 0 bridgehead atoms. The van der Waals surface area contributed by atoms with Crippen molar-refractivity contribution in [1.82, 2.24) is 4.98 Å². The second-order valence-electron chi connectivity index (χ2n) is 5.88. The molecule has 24 heavy (non-hydrogen) atoms. The number of aromatic nitrogens is 1. The third-order valence-electron chi connectivity index (χ3n) is 3.87. The number of hydrogen-bond acceptors (Lipinski definition) is 3. The molecule has 0 aliphatic carbocycles. The molecular formula is C20H24FNO2. The fraction of sp³-hybridized carbons (Fsp3) is 0.400. The third kappa shape index (κ3) is 5.76. The molecule has 0 aliphatic rings. The molecule has 2 rings (SSSR count). The summed E-state index contributed by atoms with van der Waals surface area (Å²) in [5, 5.41) is 0. The van der Waals surface area contributed by atoms with Crippen LogP contribution in [0, 0.1) is 0 Å². The minimum absolute atomic E-state index is 0.0950. The first kappa shape index (κ1) is 18.1. The van der Waals surface area contributed by atoms with E-state index in [4.69, 9.17) is 4.74 Å². The summed E-state index contributed by atoms with van der Waals surface area (Å²) in [6, 6.07) is 10.9. The number of nitrogens with zero attached hydrogens (tertiary/aromatic N) is 1. The fourth-order valence-electron chi connectivity index (χ4n) is 2.43. The number of carbonyl (C=O) groups is 1. The van der Waals surface area contributed by atoms with Crippen LogP contribution in [0.1, 0.15) is 49.4 Å². The van der Waals surface area contributed by atoms with Crippen LogP contribution in [0.2, 0.25) is 0 Å². The average Bonchev–Trinajstić information content (AvgIpc) is 2.64. The summed E-state index contributed by atoms with van der Waals surface area (Å²) in [6.45, 7) is 2.24. The number of benzene rings is 1. The van der Waals surface area contributed by atoms with Gasteiger partial charge in [-0.25, -0.2) is 4.39 Å². The van der Waals surface area contributed by atoms with E-state index in [9.17, 15) is 9.18 Å². The molecule has 1 atom stereocenters. The Morgan fingerprint density at radius 2 is 1.92 bits per heavy atom. The van der Waals surface area contributed by atoms with Gasteiger partial charge < -0.3 is 4.74 Å². The largest absolute Gasteiger partial charge is 0.491 e. The highest BCUT2D eigenvalue weighted by atomic mass is 19.1. The van der Waals surface area contributed by atoms with Gasteiger partial charge in [-0.15, -0.1) is 0 Å². The zero-order valence-electron chi connectivity index (χ0n) is 14.1. The molecule has 128 valence electrons. The zero-order chi connectivity index (χ0) is 17.2. The molecule has 4 heteroatoms. The van der Waals surface area contributed by atoms with E-state index in [-0.39, 0.29) is 6.61 Å². The second-order valence-corrected chi connectivity index (χ2v) is 5.88. The fourth-order valence-corrected chi connectivity index (χ4v) is 2.43. The highest BCUT2D eigenvalue weighted by molar-refractivity contribution is 5.75. The molecule has 0 spiro atoms. The lowest BCUT2D eigenvalue weighted by Crippen LogP contribution is -2.12. The van der Waals surface area contributed by atoms with E-state index in [2.05, 4.69) is 11.9 Å². The molecule has 0 fully saturated rings. The number of carbonyl (C=O) groups excluding carboxylic acids is 1. The van der Waals surface area contributed by atoms with E-state index < -0.39 is 6.17 Å². The van der Waals surface area contributed by atoms with Crippen molar-refractivity contribution < 1.29 is 13.9 Å². The van der Waals surface area contributed by atoms with Crippen LogP contribution in [0.5, 0.6) is 5.75 Å². The maximum absolute atomic E-state index is 13.8. The SMILES string of the molecule is CCCCCCC(F)COc1ccc(-c2ccc(C=O)cn2)cc1. The summed E-state index contributed by atoms with van der Waals surface area (Å²) < 4.78 is 19.3. The first-order valence-corrected chi connectivity index (χ1v) is 8.51. The Kier molecular flexibility index (Phi) is 7.40. The lowest BCUT2D eigenvalue weighted by molar-refractivity contribution is 0.112. The Morgan fingerprint density at radius 3 is 2.54 bits per heavy atom. The van der Waals surface area contributed by atoms with Gasteiger partial charge in [-0.1, -0.05) is 32.6 Å². The van der Waals surface area contributed by atoms with Crippen molar-refractivity contribution in [2.75, 3.05) is 6.61 Å². The standard InChI is InChI=1S/C20H24FNO2/c1-2-3-4-5-6-18(21)15-24-19-10-8-17(9-11-19)20-12-7-16(14-23)13-22-20/h7-14,18H,2-6,15H2,1H3. The minimum Gasteiger partial charge on any atom is -0.491 e.